The molecule has 1 aromatic rings. The fourth-order valence-corrected chi connectivity index (χ4v) is 0.966. The zero-order valence-corrected chi connectivity index (χ0v) is 7.05. The number of ether oxygens (including phenoxy) is 1. The number of carboxylic acid groups (broad SMARTS) is 1. The number of carbonyl (C=O) groups is 1. The Morgan fingerprint density at radius 3 is 2.92 bits per heavy atom. The molecule has 0 fully saturated rings. The monoisotopic (exact) mass is 190 g/mol. The number of H-pyrrole nitrogens is 1. The van der Waals surface area contributed by atoms with E-state index >= 15 is 0 Å². The van der Waals surface area contributed by atoms with Crippen LogP contribution in [0.4, 0.5) is 0 Å². The van der Waals surface area contributed by atoms with Gasteiger partial charge in [-0.3, -0.25) is 5.10 Å². The Morgan fingerprint density at radius 1 is 1.83 bits per heavy atom. The first-order valence-electron chi connectivity index (χ1n) is 3.11. The van der Waals surface area contributed by atoms with Gasteiger partial charge in [0.2, 0.25) is 0 Å². The van der Waals surface area contributed by atoms with Crippen molar-refractivity contribution in [2.24, 2.45) is 0 Å². The van der Waals surface area contributed by atoms with Gasteiger partial charge in [0.25, 0.3) is 0 Å². The second kappa shape index (κ2) is 3.55. The number of hydrogen-bond acceptors (Lipinski definition) is 3. The van der Waals surface area contributed by atoms with Gasteiger partial charge in [-0.15, -0.1) is 0 Å². The van der Waals surface area contributed by atoms with Gasteiger partial charge in [0.1, 0.15) is 0 Å². The maximum atomic E-state index is 10.4. The van der Waals surface area contributed by atoms with Gasteiger partial charge in [-0.05, 0) is 0 Å². The predicted molar refractivity (Wildman–Crippen MR) is 41.3 cm³/mol. The van der Waals surface area contributed by atoms with Crippen LogP contribution in [0.15, 0.2) is 0 Å². The van der Waals surface area contributed by atoms with E-state index in [1.54, 1.807) is 0 Å². The third-order valence-corrected chi connectivity index (χ3v) is 1.67. The molecule has 0 aliphatic carbocycles. The Morgan fingerprint density at radius 2 is 2.50 bits per heavy atom. The van der Waals surface area contributed by atoms with Gasteiger partial charge in [0.05, 0.1) is 17.3 Å². The van der Waals surface area contributed by atoms with Gasteiger partial charge in [-0.25, -0.2) is 4.79 Å². The lowest BCUT2D eigenvalue weighted by molar-refractivity contribution is 0.0690. The molecular formula is C6H7ClN2O3. The highest BCUT2D eigenvalue weighted by atomic mass is 35.5. The first-order chi connectivity index (χ1) is 5.66. The van der Waals surface area contributed by atoms with Crippen molar-refractivity contribution in [2.75, 3.05) is 7.11 Å². The number of rotatable bonds is 3. The van der Waals surface area contributed by atoms with E-state index in [4.69, 9.17) is 21.4 Å². The average Bonchev–Trinajstić information content (AvgIpc) is 2.34. The second-order valence-electron chi connectivity index (χ2n) is 2.10. The quantitative estimate of drug-likeness (QED) is 0.743. The van der Waals surface area contributed by atoms with Gasteiger partial charge >= 0.3 is 5.97 Å². The van der Waals surface area contributed by atoms with Crippen molar-refractivity contribution in [3.63, 3.8) is 0 Å². The van der Waals surface area contributed by atoms with Crippen molar-refractivity contribution in [3.8, 4) is 0 Å². The van der Waals surface area contributed by atoms with Crippen molar-refractivity contribution in [1.82, 2.24) is 10.2 Å². The van der Waals surface area contributed by atoms with E-state index < -0.39 is 5.97 Å². The molecule has 2 N–H and O–H groups in total. The number of hydrogen-bond donors (Lipinski definition) is 2. The highest BCUT2D eigenvalue weighted by molar-refractivity contribution is 6.33. The van der Waals surface area contributed by atoms with E-state index in [0.717, 1.165) is 0 Å². The lowest BCUT2D eigenvalue weighted by Gasteiger charge is -1.93. The molecule has 0 saturated carbocycles. The van der Waals surface area contributed by atoms with Crippen LogP contribution in [-0.2, 0) is 11.3 Å². The predicted octanol–water partition coefficient (Wildman–Crippen LogP) is 0.908. The van der Waals surface area contributed by atoms with Crippen molar-refractivity contribution in [2.45, 2.75) is 6.61 Å². The standard InChI is InChI=1S/C6H7ClN2O3/c1-12-2-3-4(7)5(6(10)11)9-8-3/h2H2,1H3,(H,8,9)(H,10,11). The van der Waals surface area contributed by atoms with Crippen LogP contribution in [0.5, 0.6) is 0 Å². The highest BCUT2D eigenvalue weighted by Gasteiger charge is 2.16. The van der Waals surface area contributed by atoms with Crippen LogP contribution >= 0.6 is 11.6 Å². The summed E-state index contributed by atoms with van der Waals surface area (Å²) in [7, 11) is 1.48. The maximum absolute atomic E-state index is 10.4. The minimum absolute atomic E-state index is 0.101. The molecule has 1 aromatic heterocycles. The number of aromatic nitrogens is 2. The molecule has 0 aliphatic rings. The van der Waals surface area contributed by atoms with Gasteiger partial charge in [0.15, 0.2) is 5.69 Å². The fourth-order valence-electron chi connectivity index (χ4n) is 0.746. The normalized spacial score (nSPS) is 10.2. The Labute approximate surface area is 73.3 Å². The summed E-state index contributed by atoms with van der Waals surface area (Å²) in [5.74, 6) is -1.15. The summed E-state index contributed by atoms with van der Waals surface area (Å²) in [4.78, 5) is 10.4. The Bertz CT molecular complexity index is 297. The summed E-state index contributed by atoms with van der Waals surface area (Å²) in [5.41, 5.74) is 0.292. The zero-order valence-electron chi connectivity index (χ0n) is 6.30. The maximum Gasteiger partial charge on any atom is 0.357 e. The molecule has 1 rings (SSSR count). The molecular weight excluding hydrogens is 184 g/mol. The number of methoxy groups -OCH3 is 1. The molecule has 0 aliphatic heterocycles. The van der Waals surface area contributed by atoms with Crippen LogP contribution in [0.3, 0.4) is 0 Å². The molecule has 66 valence electrons. The zero-order chi connectivity index (χ0) is 9.14. The molecule has 0 amide bonds. The smallest absolute Gasteiger partial charge is 0.357 e. The minimum atomic E-state index is -1.15. The van der Waals surface area contributed by atoms with E-state index in [9.17, 15) is 4.79 Å². The van der Waals surface area contributed by atoms with Gasteiger partial charge in [0, 0.05) is 7.11 Å². The summed E-state index contributed by atoms with van der Waals surface area (Å²) < 4.78 is 4.75. The molecule has 0 bridgehead atoms. The lowest BCUT2D eigenvalue weighted by Crippen LogP contribution is -1.97. The van der Waals surface area contributed by atoms with Gasteiger partial charge in [-0.1, -0.05) is 11.6 Å². The van der Waals surface area contributed by atoms with Crippen LogP contribution in [0, 0.1) is 0 Å². The summed E-state index contributed by atoms with van der Waals surface area (Å²) in [6.07, 6.45) is 0. The van der Waals surface area contributed by atoms with Crippen molar-refractivity contribution in [3.05, 3.63) is 16.4 Å². The summed E-state index contributed by atoms with van der Waals surface area (Å²) in [5, 5.41) is 14.6. The molecule has 0 aromatic carbocycles. The molecule has 0 spiro atoms. The Kier molecular flexibility index (Phi) is 2.67. The largest absolute Gasteiger partial charge is 0.476 e. The highest BCUT2D eigenvalue weighted by Crippen LogP contribution is 2.18. The van der Waals surface area contributed by atoms with Crippen LogP contribution in [0.2, 0.25) is 5.02 Å². The van der Waals surface area contributed by atoms with Crippen molar-refractivity contribution in [1.29, 1.82) is 0 Å². The number of aromatic amines is 1. The summed E-state index contributed by atoms with van der Waals surface area (Å²) >= 11 is 5.64. The molecule has 12 heavy (non-hydrogen) atoms. The lowest BCUT2D eigenvalue weighted by atomic mass is 10.3. The van der Waals surface area contributed by atoms with Crippen LogP contribution in [0.25, 0.3) is 0 Å². The van der Waals surface area contributed by atoms with Crippen molar-refractivity contribution >= 4 is 17.6 Å². The number of carboxylic acids is 1. The topological polar surface area (TPSA) is 75.2 Å². The SMILES string of the molecule is COCc1[nH]nc(C(=O)O)c1Cl. The first-order valence-corrected chi connectivity index (χ1v) is 3.49. The van der Waals surface area contributed by atoms with Crippen LogP contribution < -0.4 is 0 Å². The van der Waals surface area contributed by atoms with Crippen LogP contribution in [-0.4, -0.2) is 28.4 Å². The molecule has 0 radical (unpaired) electrons. The molecule has 5 nitrogen and oxygen atoms in total. The second-order valence-corrected chi connectivity index (χ2v) is 2.48. The Balaban J connectivity index is 2.96. The van der Waals surface area contributed by atoms with Crippen molar-refractivity contribution < 1.29 is 14.6 Å². The third-order valence-electron chi connectivity index (χ3n) is 1.27. The Hall–Kier alpha value is -1.07. The number of halogens is 1. The number of nitrogens with zero attached hydrogens (tertiary/aromatic N) is 1. The minimum Gasteiger partial charge on any atom is -0.476 e. The first kappa shape index (κ1) is 9.02. The van der Waals surface area contributed by atoms with E-state index in [1.807, 2.05) is 0 Å². The number of nitrogens with one attached hydrogen (secondary N) is 1. The molecule has 0 unspecified atom stereocenters. The number of aromatic carboxylic acids is 1. The molecule has 6 heteroatoms. The van der Waals surface area contributed by atoms with Gasteiger partial charge in [-0.2, -0.15) is 5.10 Å². The van der Waals surface area contributed by atoms with Crippen LogP contribution in [0.1, 0.15) is 16.2 Å². The average molecular weight is 191 g/mol. The molecule has 0 atom stereocenters. The molecule has 1 heterocycles. The summed E-state index contributed by atoms with van der Waals surface area (Å²) in [6, 6.07) is 0. The van der Waals surface area contributed by atoms with E-state index in [1.165, 1.54) is 7.11 Å². The van der Waals surface area contributed by atoms with E-state index in [-0.39, 0.29) is 17.3 Å². The van der Waals surface area contributed by atoms with Gasteiger partial charge < -0.3 is 9.84 Å². The third kappa shape index (κ3) is 1.57. The molecule has 0 saturated heterocycles. The van der Waals surface area contributed by atoms with E-state index in [2.05, 4.69) is 10.2 Å². The fraction of sp³-hybridized carbons (Fsp3) is 0.333. The van der Waals surface area contributed by atoms with E-state index in [0.29, 0.717) is 5.69 Å². The summed E-state index contributed by atoms with van der Waals surface area (Å²) in [6.45, 7) is 0.221.